The van der Waals surface area contributed by atoms with Crippen LogP contribution in [0.25, 0.3) is 0 Å². The number of para-hydroxylation sites is 1. The molecular weight excluding hydrogens is 458 g/mol. The van der Waals surface area contributed by atoms with Crippen LogP contribution in [0.2, 0.25) is 0 Å². The predicted octanol–water partition coefficient (Wildman–Crippen LogP) is 4.72. The van der Waals surface area contributed by atoms with Crippen molar-refractivity contribution in [2.75, 3.05) is 30.4 Å². The van der Waals surface area contributed by atoms with Gasteiger partial charge in [0.15, 0.2) is 0 Å². The van der Waals surface area contributed by atoms with Gasteiger partial charge in [0, 0.05) is 23.0 Å². The monoisotopic (exact) mass is 485 g/mol. The molecule has 0 radical (unpaired) electrons. The smallest absolute Gasteiger partial charge is 0.251 e. The van der Waals surface area contributed by atoms with Gasteiger partial charge in [-0.2, -0.15) is 0 Å². The number of amides is 2. The molecule has 2 amide bonds. The molecule has 4 rings (SSSR count). The normalized spacial score (nSPS) is 10.3. The Morgan fingerprint density at radius 3 is 2.25 bits per heavy atom. The SMILES string of the molecule is O=C(CNc1cccc(OCCOc2ccccc2)c1)Nc1ccc(C(=O)NCc2ccco2)cc1. The summed E-state index contributed by atoms with van der Waals surface area (Å²) in [6.45, 7) is 1.21. The third-order valence-electron chi connectivity index (χ3n) is 5.09. The first kappa shape index (κ1) is 24.4. The van der Waals surface area contributed by atoms with Gasteiger partial charge in [-0.25, -0.2) is 0 Å². The molecule has 1 heterocycles. The van der Waals surface area contributed by atoms with Crippen molar-refractivity contribution < 1.29 is 23.5 Å². The molecule has 1 aromatic heterocycles. The Labute approximate surface area is 209 Å². The minimum Gasteiger partial charge on any atom is -0.490 e. The lowest BCUT2D eigenvalue weighted by Gasteiger charge is -2.11. The maximum atomic E-state index is 12.4. The van der Waals surface area contributed by atoms with Gasteiger partial charge >= 0.3 is 0 Å². The fourth-order valence-corrected chi connectivity index (χ4v) is 3.31. The van der Waals surface area contributed by atoms with Crippen LogP contribution in [0.5, 0.6) is 11.5 Å². The molecule has 0 aliphatic carbocycles. The van der Waals surface area contributed by atoms with Gasteiger partial charge in [0.1, 0.15) is 30.5 Å². The summed E-state index contributed by atoms with van der Waals surface area (Å²) in [5, 5.41) is 8.67. The number of nitrogens with one attached hydrogen (secondary N) is 3. The first-order valence-electron chi connectivity index (χ1n) is 11.5. The predicted molar refractivity (Wildman–Crippen MR) is 137 cm³/mol. The first-order valence-corrected chi connectivity index (χ1v) is 11.5. The van der Waals surface area contributed by atoms with E-state index in [1.54, 1.807) is 42.7 Å². The molecule has 8 heteroatoms. The maximum absolute atomic E-state index is 12.4. The van der Waals surface area contributed by atoms with Gasteiger partial charge in [0.05, 0.1) is 19.4 Å². The lowest BCUT2D eigenvalue weighted by Crippen LogP contribution is -2.23. The van der Waals surface area contributed by atoms with E-state index in [-0.39, 0.29) is 18.4 Å². The molecule has 0 unspecified atom stereocenters. The number of carbonyl (C=O) groups is 2. The summed E-state index contributed by atoms with van der Waals surface area (Å²) in [7, 11) is 0. The molecule has 0 saturated carbocycles. The van der Waals surface area contributed by atoms with E-state index in [2.05, 4.69) is 16.0 Å². The van der Waals surface area contributed by atoms with Crippen LogP contribution in [0.15, 0.2) is 102 Å². The van der Waals surface area contributed by atoms with E-state index in [0.717, 1.165) is 11.4 Å². The van der Waals surface area contributed by atoms with Gasteiger partial charge in [-0.3, -0.25) is 9.59 Å². The third kappa shape index (κ3) is 7.66. The van der Waals surface area contributed by atoms with Crippen molar-refractivity contribution in [1.82, 2.24) is 5.32 Å². The summed E-state index contributed by atoms with van der Waals surface area (Å²) in [6.07, 6.45) is 1.56. The number of anilines is 2. The fourth-order valence-electron chi connectivity index (χ4n) is 3.31. The molecule has 0 saturated heterocycles. The highest BCUT2D eigenvalue weighted by atomic mass is 16.5. The molecule has 0 aliphatic heterocycles. The van der Waals surface area contributed by atoms with E-state index < -0.39 is 0 Å². The zero-order valence-electron chi connectivity index (χ0n) is 19.6. The average Bonchev–Trinajstić information content (AvgIpc) is 3.44. The van der Waals surface area contributed by atoms with Gasteiger partial charge in [0.25, 0.3) is 5.91 Å². The summed E-state index contributed by atoms with van der Waals surface area (Å²) in [5.74, 6) is 1.71. The molecule has 8 nitrogen and oxygen atoms in total. The summed E-state index contributed by atoms with van der Waals surface area (Å²) in [6, 6.07) is 27.2. The van der Waals surface area contributed by atoms with Crippen molar-refractivity contribution in [1.29, 1.82) is 0 Å². The molecule has 0 fully saturated rings. The summed E-state index contributed by atoms with van der Waals surface area (Å²) >= 11 is 0. The van der Waals surface area contributed by atoms with Crippen molar-refractivity contribution in [3.63, 3.8) is 0 Å². The van der Waals surface area contributed by atoms with Gasteiger partial charge in [0.2, 0.25) is 5.91 Å². The zero-order chi connectivity index (χ0) is 25.0. The van der Waals surface area contributed by atoms with Crippen molar-refractivity contribution in [2.24, 2.45) is 0 Å². The molecule has 0 aliphatic rings. The number of hydrogen-bond acceptors (Lipinski definition) is 6. The van der Waals surface area contributed by atoms with Gasteiger partial charge in [-0.1, -0.05) is 24.3 Å². The maximum Gasteiger partial charge on any atom is 0.251 e. The van der Waals surface area contributed by atoms with Gasteiger partial charge in [-0.05, 0) is 60.7 Å². The zero-order valence-corrected chi connectivity index (χ0v) is 19.6. The third-order valence-corrected chi connectivity index (χ3v) is 5.09. The first-order chi connectivity index (χ1) is 17.7. The van der Waals surface area contributed by atoms with Crippen LogP contribution in [0.1, 0.15) is 16.1 Å². The van der Waals surface area contributed by atoms with Gasteiger partial charge in [-0.15, -0.1) is 0 Å². The second-order valence-corrected chi connectivity index (χ2v) is 7.78. The summed E-state index contributed by atoms with van der Waals surface area (Å²) in [5.41, 5.74) is 1.85. The molecule has 3 N–H and O–H groups in total. The number of hydrogen-bond donors (Lipinski definition) is 3. The van der Waals surface area contributed by atoms with E-state index in [0.29, 0.717) is 42.5 Å². The van der Waals surface area contributed by atoms with E-state index >= 15 is 0 Å². The Balaban J connectivity index is 1.17. The second kappa shape index (κ2) is 12.7. The highest BCUT2D eigenvalue weighted by Crippen LogP contribution is 2.18. The van der Waals surface area contributed by atoms with E-state index in [1.165, 1.54) is 0 Å². The topological polar surface area (TPSA) is 102 Å². The van der Waals surface area contributed by atoms with Crippen LogP contribution in [0.4, 0.5) is 11.4 Å². The standard InChI is InChI=1S/C28H27N3O5/c32-27(31-22-13-11-21(12-14-22)28(33)30-19-26-10-5-15-34-26)20-29-23-6-4-9-25(18-23)36-17-16-35-24-7-2-1-3-8-24/h1-15,18,29H,16-17,19-20H2,(H,30,33)(H,31,32). The van der Waals surface area contributed by atoms with Crippen LogP contribution in [0.3, 0.4) is 0 Å². The average molecular weight is 486 g/mol. The molecule has 36 heavy (non-hydrogen) atoms. The Kier molecular flexibility index (Phi) is 8.58. The van der Waals surface area contributed by atoms with Crippen LogP contribution in [-0.4, -0.2) is 31.6 Å². The lowest BCUT2D eigenvalue weighted by atomic mass is 10.2. The largest absolute Gasteiger partial charge is 0.490 e. The van der Waals surface area contributed by atoms with Crippen molar-refractivity contribution in [3.8, 4) is 11.5 Å². The minimum absolute atomic E-state index is 0.0754. The Hall–Kier alpha value is -4.72. The fraction of sp³-hybridized carbons (Fsp3) is 0.143. The molecule has 3 aromatic carbocycles. The number of benzene rings is 3. The summed E-state index contributed by atoms with van der Waals surface area (Å²) < 4.78 is 16.6. The molecule has 0 atom stereocenters. The Morgan fingerprint density at radius 2 is 1.50 bits per heavy atom. The molecule has 0 bridgehead atoms. The van der Waals surface area contributed by atoms with E-state index in [4.69, 9.17) is 13.9 Å². The van der Waals surface area contributed by atoms with E-state index in [1.807, 2.05) is 54.6 Å². The summed E-state index contributed by atoms with van der Waals surface area (Å²) in [4.78, 5) is 24.6. The van der Waals surface area contributed by atoms with E-state index in [9.17, 15) is 9.59 Å². The van der Waals surface area contributed by atoms with Crippen LogP contribution < -0.4 is 25.4 Å². The van der Waals surface area contributed by atoms with Crippen LogP contribution >= 0.6 is 0 Å². The Bertz CT molecular complexity index is 1240. The minimum atomic E-state index is -0.223. The van der Waals surface area contributed by atoms with Crippen molar-refractivity contribution in [2.45, 2.75) is 6.54 Å². The van der Waals surface area contributed by atoms with Crippen LogP contribution in [-0.2, 0) is 11.3 Å². The highest BCUT2D eigenvalue weighted by molar-refractivity contribution is 5.96. The molecule has 184 valence electrons. The number of carbonyl (C=O) groups excluding carboxylic acids is 2. The van der Waals surface area contributed by atoms with Crippen LogP contribution in [0, 0.1) is 0 Å². The highest BCUT2D eigenvalue weighted by Gasteiger charge is 2.08. The molecular formula is C28H27N3O5. The second-order valence-electron chi connectivity index (χ2n) is 7.78. The van der Waals surface area contributed by atoms with Crippen molar-refractivity contribution in [3.05, 3.63) is 109 Å². The molecule has 0 spiro atoms. The van der Waals surface area contributed by atoms with Crippen molar-refractivity contribution >= 4 is 23.2 Å². The Morgan fingerprint density at radius 1 is 0.750 bits per heavy atom. The van der Waals surface area contributed by atoms with Gasteiger partial charge < -0.3 is 29.8 Å². The lowest BCUT2D eigenvalue weighted by molar-refractivity contribution is -0.114. The molecule has 4 aromatic rings. The quantitative estimate of drug-likeness (QED) is 0.251. The number of ether oxygens (including phenoxy) is 2. The number of furan rings is 1. The number of rotatable bonds is 12.